The second kappa shape index (κ2) is 4.70. The molecule has 17 heavy (non-hydrogen) atoms. The molecule has 0 saturated carbocycles. The van der Waals surface area contributed by atoms with Crippen LogP contribution in [0.4, 0.5) is 5.82 Å². The summed E-state index contributed by atoms with van der Waals surface area (Å²) in [6.07, 6.45) is 2.99. The molecule has 0 aromatic carbocycles. The lowest BCUT2D eigenvalue weighted by atomic mass is 10.1. The number of aromatic nitrogens is 4. The van der Waals surface area contributed by atoms with E-state index in [1.165, 1.54) is 17.9 Å². The Morgan fingerprint density at radius 2 is 2.47 bits per heavy atom. The second-order valence-electron chi connectivity index (χ2n) is 4.08. The third-order valence-corrected chi connectivity index (χ3v) is 4.27. The molecule has 7 heteroatoms. The van der Waals surface area contributed by atoms with Crippen LogP contribution < -0.4 is 5.32 Å². The average molecular weight is 270 g/mol. The minimum absolute atomic E-state index is 0.241. The van der Waals surface area contributed by atoms with E-state index in [4.69, 9.17) is 11.6 Å². The third kappa shape index (κ3) is 2.32. The second-order valence-corrected chi connectivity index (χ2v) is 5.57. The summed E-state index contributed by atoms with van der Waals surface area (Å²) < 4.78 is 0. The van der Waals surface area contributed by atoms with Crippen LogP contribution in [-0.2, 0) is 0 Å². The summed E-state index contributed by atoms with van der Waals surface area (Å²) in [5.41, 5.74) is 0.674. The maximum atomic E-state index is 5.86. The maximum absolute atomic E-state index is 5.86. The molecule has 0 amide bonds. The lowest BCUT2D eigenvalue weighted by Crippen LogP contribution is -2.14. The minimum Gasteiger partial charge on any atom is -0.369 e. The molecule has 2 N–H and O–H groups in total. The van der Waals surface area contributed by atoms with E-state index in [1.54, 1.807) is 6.20 Å². The lowest BCUT2D eigenvalue weighted by molar-refractivity contribution is 0.631. The fourth-order valence-electron chi connectivity index (χ4n) is 1.93. The Bertz CT molecular complexity index is 522. The van der Waals surface area contributed by atoms with Gasteiger partial charge in [-0.3, -0.25) is 5.10 Å². The van der Waals surface area contributed by atoms with Crippen molar-refractivity contribution in [2.24, 2.45) is 5.92 Å². The fraction of sp³-hybridized carbons (Fsp3) is 0.500. The third-order valence-electron chi connectivity index (χ3n) is 2.86. The number of aromatic amines is 1. The van der Waals surface area contributed by atoms with Crippen molar-refractivity contribution in [2.75, 3.05) is 23.4 Å². The van der Waals surface area contributed by atoms with Gasteiger partial charge in [0.1, 0.15) is 5.82 Å². The molecule has 1 unspecified atom stereocenters. The molecule has 1 aliphatic rings. The van der Waals surface area contributed by atoms with Gasteiger partial charge in [-0.1, -0.05) is 0 Å². The molecular weight excluding hydrogens is 258 g/mol. The van der Waals surface area contributed by atoms with Gasteiger partial charge in [0.15, 0.2) is 5.65 Å². The zero-order valence-corrected chi connectivity index (χ0v) is 10.7. The van der Waals surface area contributed by atoms with Crippen LogP contribution in [0.2, 0.25) is 5.28 Å². The summed E-state index contributed by atoms with van der Waals surface area (Å²) in [4.78, 5) is 8.28. The van der Waals surface area contributed by atoms with Crippen molar-refractivity contribution in [1.82, 2.24) is 20.2 Å². The van der Waals surface area contributed by atoms with E-state index in [0.29, 0.717) is 5.65 Å². The average Bonchev–Trinajstić information content (AvgIpc) is 2.95. The van der Waals surface area contributed by atoms with Crippen molar-refractivity contribution in [1.29, 1.82) is 0 Å². The number of rotatable bonds is 3. The first-order valence-corrected chi connectivity index (χ1v) is 7.04. The zero-order chi connectivity index (χ0) is 11.7. The van der Waals surface area contributed by atoms with Gasteiger partial charge in [-0.2, -0.15) is 26.8 Å². The summed E-state index contributed by atoms with van der Waals surface area (Å²) in [6, 6.07) is 0. The molecule has 1 atom stereocenters. The number of anilines is 1. The van der Waals surface area contributed by atoms with Crippen molar-refractivity contribution in [3.63, 3.8) is 0 Å². The SMILES string of the molecule is Clc1nc(NCC2CCSC2)c2cn[nH]c2n1. The van der Waals surface area contributed by atoms with Crippen LogP contribution in [0.1, 0.15) is 6.42 Å². The number of nitrogens with zero attached hydrogens (tertiary/aromatic N) is 3. The number of nitrogens with one attached hydrogen (secondary N) is 2. The van der Waals surface area contributed by atoms with Crippen molar-refractivity contribution in [3.05, 3.63) is 11.5 Å². The highest BCUT2D eigenvalue weighted by Gasteiger charge is 2.16. The molecule has 1 saturated heterocycles. The fourth-order valence-corrected chi connectivity index (χ4v) is 3.38. The van der Waals surface area contributed by atoms with Crippen molar-refractivity contribution >= 4 is 40.2 Å². The Kier molecular flexibility index (Phi) is 3.07. The van der Waals surface area contributed by atoms with E-state index in [-0.39, 0.29) is 5.28 Å². The largest absolute Gasteiger partial charge is 0.369 e. The van der Waals surface area contributed by atoms with Gasteiger partial charge in [0, 0.05) is 6.54 Å². The number of H-pyrrole nitrogens is 1. The van der Waals surface area contributed by atoms with E-state index in [2.05, 4.69) is 25.5 Å². The molecule has 0 bridgehead atoms. The van der Waals surface area contributed by atoms with Crippen LogP contribution in [0.3, 0.4) is 0 Å². The summed E-state index contributed by atoms with van der Waals surface area (Å²) >= 11 is 7.87. The van der Waals surface area contributed by atoms with E-state index >= 15 is 0 Å². The van der Waals surface area contributed by atoms with Crippen molar-refractivity contribution in [3.8, 4) is 0 Å². The maximum Gasteiger partial charge on any atom is 0.226 e. The Balaban J connectivity index is 1.81. The van der Waals surface area contributed by atoms with Crippen LogP contribution in [-0.4, -0.2) is 38.2 Å². The molecule has 5 nitrogen and oxygen atoms in total. The Morgan fingerprint density at radius 1 is 1.53 bits per heavy atom. The van der Waals surface area contributed by atoms with Crippen LogP contribution in [0, 0.1) is 5.92 Å². The molecule has 2 aromatic heterocycles. The molecule has 0 aliphatic carbocycles. The number of thioether (sulfide) groups is 1. The molecular formula is C10H12ClN5S. The van der Waals surface area contributed by atoms with Crippen LogP contribution in [0.15, 0.2) is 6.20 Å². The van der Waals surface area contributed by atoms with Crippen molar-refractivity contribution < 1.29 is 0 Å². The predicted octanol–water partition coefficient (Wildman–Crippen LogP) is 2.17. The number of fused-ring (bicyclic) bond motifs is 1. The topological polar surface area (TPSA) is 66.5 Å². The monoisotopic (exact) mass is 269 g/mol. The predicted molar refractivity (Wildman–Crippen MR) is 70.6 cm³/mol. The Morgan fingerprint density at radius 3 is 3.29 bits per heavy atom. The van der Waals surface area contributed by atoms with Gasteiger partial charge in [-0.25, -0.2) is 0 Å². The molecule has 3 heterocycles. The first-order valence-electron chi connectivity index (χ1n) is 5.51. The first kappa shape index (κ1) is 11.1. The Hall–Kier alpha value is -1.01. The van der Waals surface area contributed by atoms with Gasteiger partial charge in [-0.15, -0.1) is 0 Å². The molecule has 0 spiro atoms. The van der Waals surface area contributed by atoms with E-state index in [0.717, 1.165) is 23.7 Å². The van der Waals surface area contributed by atoms with Crippen LogP contribution in [0.25, 0.3) is 11.0 Å². The number of halogens is 1. The van der Waals surface area contributed by atoms with E-state index in [9.17, 15) is 0 Å². The normalized spacial score (nSPS) is 19.9. The molecule has 1 aliphatic heterocycles. The van der Waals surface area contributed by atoms with E-state index < -0.39 is 0 Å². The highest BCUT2D eigenvalue weighted by atomic mass is 35.5. The van der Waals surface area contributed by atoms with Crippen LogP contribution in [0.5, 0.6) is 0 Å². The highest BCUT2D eigenvalue weighted by Crippen LogP contribution is 2.25. The van der Waals surface area contributed by atoms with Gasteiger partial charge in [-0.05, 0) is 35.4 Å². The van der Waals surface area contributed by atoms with E-state index in [1.807, 2.05) is 11.8 Å². The zero-order valence-electron chi connectivity index (χ0n) is 9.11. The van der Waals surface area contributed by atoms with Gasteiger partial charge in [0.2, 0.25) is 5.28 Å². The molecule has 0 radical (unpaired) electrons. The van der Waals surface area contributed by atoms with Gasteiger partial charge in [0.25, 0.3) is 0 Å². The lowest BCUT2D eigenvalue weighted by Gasteiger charge is -2.10. The molecule has 3 rings (SSSR count). The molecule has 1 fully saturated rings. The molecule has 2 aromatic rings. The van der Waals surface area contributed by atoms with Crippen LogP contribution >= 0.6 is 23.4 Å². The standard InChI is InChI=1S/C10H12ClN5S/c11-10-14-8(7-4-13-16-9(7)15-10)12-3-6-1-2-17-5-6/h4,6H,1-3,5H2,(H2,12,13,14,15,16). The van der Waals surface area contributed by atoms with Gasteiger partial charge >= 0.3 is 0 Å². The summed E-state index contributed by atoms with van der Waals surface area (Å²) in [7, 11) is 0. The van der Waals surface area contributed by atoms with Gasteiger partial charge in [0.05, 0.1) is 11.6 Å². The number of hydrogen-bond donors (Lipinski definition) is 2. The molecule has 90 valence electrons. The highest BCUT2D eigenvalue weighted by molar-refractivity contribution is 7.99. The number of hydrogen-bond acceptors (Lipinski definition) is 5. The van der Waals surface area contributed by atoms with Gasteiger partial charge < -0.3 is 5.32 Å². The minimum atomic E-state index is 0.241. The van der Waals surface area contributed by atoms with Crippen molar-refractivity contribution in [2.45, 2.75) is 6.42 Å². The summed E-state index contributed by atoms with van der Waals surface area (Å²) in [5, 5.41) is 11.2. The Labute approximate surface area is 108 Å². The summed E-state index contributed by atoms with van der Waals surface area (Å²) in [5.74, 6) is 3.97. The quantitative estimate of drug-likeness (QED) is 0.836. The summed E-state index contributed by atoms with van der Waals surface area (Å²) in [6.45, 7) is 0.931. The first-order chi connectivity index (χ1) is 8.33. The smallest absolute Gasteiger partial charge is 0.226 e.